The molecule has 0 atom stereocenters. The van der Waals surface area contributed by atoms with Gasteiger partial charge in [0.1, 0.15) is 5.75 Å². The maximum atomic E-state index is 12.9. The highest BCUT2D eigenvalue weighted by Gasteiger charge is 2.23. The molecule has 0 saturated carbocycles. The van der Waals surface area contributed by atoms with Gasteiger partial charge in [-0.25, -0.2) is 0 Å². The van der Waals surface area contributed by atoms with Crippen molar-refractivity contribution in [2.75, 3.05) is 13.7 Å². The van der Waals surface area contributed by atoms with E-state index in [1.807, 2.05) is 5.92 Å². The number of halogens is 3. The number of aliphatic carboxylic acids is 1. The number of carboxylic acids is 1. The van der Waals surface area contributed by atoms with E-state index in [-0.39, 0.29) is 35.5 Å². The van der Waals surface area contributed by atoms with Gasteiger partial charge in [0.05, 0.1) is 9.35 Å². The number of carbonyl (C=O) groups is 2. The smallest absolute Gasteiger partial charge is 0.458 e. The Labute approximate surface area is 187 Å². The zero-order valence-corrected chi connectivity index (χ0v) is 17.4. The predicted molar refractivity (Wildman–Crippen MR) is 113 cm³/mol. The summed E-state index contributed by atoms with van der Waals surface area (Å²) in [5, 5.41) is 8.67. The third kappa shape index (κ3) is 8.72. The monoisotopic (exact) mass is 449 g/mol. The van der Waals surface area contributed by atoms with Crippen molar-refractivity contribution in [2.45, 2.75) is 38.4 Å². The Kier molecular flexibility index (Phi) is 8.02. The molecule has 1 N–H and O–H groups in total. The number of amides is 1. The zero-order chi connectivity index (χ0) is 25.4. The summed E-state index contributed by atoms with van der Waals surface area (Å²) in [6.45, 7) is -2.00. The molecular formula is C24H24F3NO4. The van der Waals surface area contributed by atoms with Crippen molar-refractivity contribution in [3.63, 3.8) is 0 Å². The lowest BCUT2D eigenvalue weighted by Crippen LogP contribution is -2.26. The maximum Gasteiger partial charge on any atom is 0.458 e. The molecule has 0 spiro atoms. The summed E-state index contributed by atoms with van der Waals surface area (Å²) in [4.78, 5) is 24.3. The van der Waals surface area contributed by atoms with Crippen LogP contribution in [0.2, 0.25) is 0 Å². The fourth-order valence-corrected chi connectivity index (χ4v) is 2.69. The molecule has 0 aliphatic carbocycles. The number of para-hydroxylation sites is 1. The highest BCUT2D eigenvalue weighted by Crippen LogP contribution is 2.21. The van der Waals surface area contributed by atoms with Gasteiger partial charge in [0.25, 0.3) is 5.91 Å². The standard InChI is InChI=1S/C24H24F3NO4/c1-28(23(31)19-12-10-18(11-13-19)14-15-24(25,26)27)17-20-7-4-5-8-21(20)32-16-6-2-3-9-22(29)30/h4-5,7-8,10-13H,2-3,6,9,16-17H2,1H3,(H,29,30)/i17D2. The lowest BCUT2D eigenvalue weighted by Gasteiger charge is -2.19. The molecule has 32 heavy (non-hydrogen) atoms. The second kappa shape index (κ2) is 11.8. The number of carbonyl (C=O) groups excluding carboxylic acids is 1. The summed E-state index contributed by atoms with van der Waals surface area (Å²) < 4.78 is 59.5. The Morgan fingerprint density at radius 3 is 2.44 bits per heavy atom. The van der Waals surface area contributed by atoms with Gasteiger partial charge in [-0.15, -0.1) is 0 Å². The maximum absolute atomic E-state index is 12.9. The van der Waals surface area contributed by atoms with Gasteiger partial charge in [0, 0.05) is 42.6 Å². The third-order valence-corrected chi connectivity index (χ3v) is 4.25. The summed E-state index contributed by atoms with van der Waals surface area (Å²) in [5.74, 6) is 1.82. The first-order valence-corrected chi connectivity index (χ1v) is 9.84. The number of nitrogens with zero attached hydrogens (tertiary/aromatic N) is 1. The minimum Gasteiger partial charge on any atom is -0.493 e. The fraction of sp³-hybridized carbons (Fsp3) is 0.333. The van der Waals surface area contributed by atoms with E-state index in [2.05, 4.69) is 0 Å². The molecule has 0 aliphatic heterocycles. The van der Waals surface area contributed by atoms with Crippen LogP contribution in [0.3, 0.4) is 0 Å². The van der Waals surface area contributed by atoms with Crippen LogP contribution in [0.15, 0.2) is 48.5 Å². The molecule has 0 saturated heterocycles. The van der Waals surface area contributed by atoms with Crippen LogP contribution in [0.1, 0.15) is 49.9 Å². The van der Waals surface area contributed by atoms with Crippen LogP contribution in [0.25, 0.3) is 0 Å². The molecule has 1 amide bonds. The average molecular weight is 449 g/mol. The van der Waals surface area contributed by atoms with Crippen LogP contribution >= 0.6 is 0 Å². The first kappa shape index (κ1) is 21.8. The summed E-state index contributed by atoms with van der Waals surface area (Å²) in [6.07, 6.45) is -2.81. The van der Waals surface area contributed by atoms with Crippen LogP contribution in [-0.4, -0.2) is 41.7 Å². The van der Waals surface area contributed by atoms with Crippen LogP contribution in [0, 0.1) is 11.8 Å². The van der Waals surface area contributed by atoms with Crippen LogP contribution in [-0.2, 0) is 11.3 Å². The molecule has 0 aromatic heterocycles. The topological polar surface area (TPSA) is 66.8 Å². The first-order valence-electron chi connectivity index (χ1n) is 10.8. The van der Waals surface area contributed by atoms with Gasteiger partial charge < -0.3 is 14.7 Å². The SMILES string of the molecule is [2H]C([2H])(c1ccccc1OCCCCCC(=O)O)N(C)C(=O)c1ccc(C#CC(F)(F)F)cc1. The summed E-state index contributed by atoms with van der Waals surface area (Å²) in [6, 6.07) is 11.5. The van der Waals surface area contributed by atoms with Gasteiger partial charge in [0.2, 0.25) is 0 Å². The number of alkyl halides is 3. The van der Waals surface area contributed by atoms with Gasteiger partial charge in [-0.2, -0.15) is 13.2 Å². The minimum absolute atomic E-state index is 0.0710. The number of hydrogen-bond acceptors (Lipinski definition) is 3. The van der Waals surface area contributed by atoms with Crippen molar-refractivity contribution >= 4 is 11.9 Å². The second-order valence-corrected chi connectivity index (χ2v) is 6.85. The van der Waals surface area contributed by atoms with Gasteiger partial charge in [-0.3, -0.25) is 9.59 Å². The van der Waals surface area contributed by atoms with Gasteiger partial charge >= 0.3 is 12.1 Å². The molecule has 8 heteroatoms. The van der Waals surface area contributed by atoms with Crippen LogP contribution < -0.4 is 4.74 Å². The predicted octanol–water partition coefficient (Wildman–Crippen LogP) is 4.90. The summed E-state index contributed by atoms with van der Waals surface area (Å²) >= 11 is 0. The number of unbranched alkanes of at least 4 members (excludes halogenated alkanes) is 2. The van der Waals surface area contributed by atoms with Crippen molar-refractivity contribution in [2.24, 2.45) is 0 Å². The lowest BCUT2D eigenvalue weighted by molar-refractivity contribution is -0.137. The van der Waals surface area contributed by atoms with Gasteiger partial charge in [-0.1, -0.05) is 24.1 Å². The molecule has 0 fully saturated rings. The van der Waals surface area contributed by atoms with E-state index in [9.17, 15) is 22.8 Å². The van der Waals surface area contributed by atoms with E-state index < -0.39 is 24.5 Å². The minimum atomic E-state index is -4.63. The third-order valence-electron chi connectivity index (χ3n) is 4.25. The highest BCUT2D eigenvalue weighted by molar-refractivity contribution is 5.94. The number of benzene rings is 2. The molecule has 2 rings (SSSR count). The Morgan fingerprint density at radius 1 is 1.09 bits per heavy atom. The molecule has 170 valence electrons. The summed E-state index contributed by atoms with van der Waals surface area (Å²) in [5.41, 5.74) is 0.284. The molecule has 5 nitrogen and oxygen atoms in total. The quantitative estimate of drug-likeness (QED) is 0.414. The molecule has 2 aromatic carbocycles. The second-order valence-electron chi connectivity index (χ2n) is 6.85. The number of rotatable bonds is 10. The first-order chi connectivity index (χ1) is 15.9. The largest absolute Gasteiger partial charge is 0.493 e. The van der Waals surface area contributed by atoms with Crippen molar-refractivity contribution in [1.29, 1.82) is 0 Å². The van der Waals surface area contributed by atoms with E-state index in [1.54, 1.807) is 18.2 Å². The fourth-order valence-electron chi connectivity index (χ4n) is 2.69. The molecule has 0 bridgehead atoms. The lowest BCUT2D eigenvalue weighted by atomic mass is 10.1. The molecule has 0 heterocycles. The normalized spacial score (nSPS) is 12.1. The van der Waals surface area contributed by atoms with E-state index in [0.29, 0.717) is 19.3 Å². The van der Waals surface area contributed by atoms with Crippen molar-refractivity contribution in [3.8, 4) is 17.6 Å². The highest BCUT2D eigenvalue weighted by atomic mass is 19.4. The Morgan fingerprint density at radius 2 is 1.78 bits per heavy atom. The summed E-state index contributed by atoms with van der Waals surface area (Å²) in [7, 11) is 1.28. The van der Waals surface area contributed by atoms with E-state index in [4.69, 9.17) is 12.6 Å². The molecule has 0 radical (unpaired) electrons. The Balaban J connectivity index is 2.10. The van der Waals surface area contributed by atoms with E-state index >= 15 is 0 Å². The zero-order valence-electron chi connectivity index (χ0n) is 19.4. The molecular weight excluding hydrogens is 423 g/mol. The number of ether oxygens (including phenoxy) is 1. The van der Waals surface area contributed by atoms with E-state index in [0.717, 1.165) is 10.8 Å². The molecule has 0 unspecified atom stereocenters. The van der Waals surface area contributed by atoms with Crippen LogP contribution in [0.5, 0.6) is 5.75 Å². The van der Waals surface area contributed by atoms with Gasteiger partial charge in [-0.05, 0) is 49.6 Å². The Hall–Kier alpha value is -3.47. The van der Waals surface area contributed by atoms with Gasteiger partial charge in [0.15, 0.2) is 0 Å². The van der Waals surface area contributed by atoms with Crippen molar-refractivity contribution in [3.05, 3.63) is 65.2 Å². The number of hydrogen-bond donors (Lipinski definition) is 1. The molecule has 2 aromatic rings. The average Bonchev–Trinajstić information content (AvgIpc) is 2.79. The van der Waals surface area contributed by atoms with Crippen molar-refractivity contribution in [1.82, 2.24) is 4.90 Å². The van der Waals surface area contributed by atoms with Crippen molar-refractivity contribution < 1.29 is 35.3 Å². The Bertz CT molecular complexity index is 1060. The van der Waals surface area contributed by atoms with Crippen LogP contribution in [0.4, 0.5) is 13.2 Å². The number of carboxylic acid groups (broad SMARTS) is 1. The molecule has 0 aliphatic rings. The van der Waals surface area contributed by atoms with E-state index in [1.165, 1.54) is 37.4 Å².